The van der Waals surface area contributed by atoms with E-state index in [0.29, 0.717) is 27.9 Å². The Bertz CT molecular complexity index is 916. The lowest BCUT2D eigenvalue weighted by atomic mass is 10.3. The maximum Gasteiger partial charge on any atom is 0.311 e. The number of rotatable bonds is 4. The van der Waals surface area contributed by atoms with E-state index in [9.17, 15) is 4.79 Å². The predicted molar refractivity (Wildman–Crippen MR) is 91.3 cm³/mol. The van der Waals surface area contributed by atoms with Gasteiger partial charge in [-0.25, -0.2) is 4.98 Å². The van der Waals surface area contributed by atoms with E-state index in [0.717, 1.165) is 5.69 Å². The fourth-order valence-corrected chi connectivity index (χ4v) is 2.45. The van der Waals surface area contributed by atoms with Gasteiger partial charge in [0.2, 0.25) is 0 Å². The molecule has 24 heavy (non-hydrogen) atoms. The number of aryl methyl sites for hydroxylation is 1. The third-order valence-electron chi connectivity index (χ3n) is 3.51. The normalized spacial score (nSPS) is 11.3. The Balaban J connectivity index is 2.07. The van der Waals surface area contributed by atoms with E-state index in [-0.39, 0.29) is 12.4 Å². The van der Waals surface area contributed by atoms with Crippen LogP contribution < -0.4 is 0 Å². The molecule has 6 nitrogen and oxygen atoms in total. The van der Waals surface area contributed by atoms with E-state index in [1.807, 2.05) is 29.5 Å². The number of nitrogens with zero attached hydrogens (tertiary/aromatic N) is 4. The van der Waals surface area contributed by atoms with Crippen LogP contribution in [0, 0.1) is 6.92 Å². The number of methoxy groups -OCH3 is 1. The van der Waals surface area contributed by atoms with Crippen molar-refractivity contribution in [1.29, 1.82) is 0 Å². The highest BCUT2D eigenvalue weighted by Crippen LogP contribution is 2.26. The molecule has 3 aromatic rings. The van der Waals surface area contributed by atoms with Crippen molar-refractivity contribution >= 4 is 34.7 Å². The lowest BCUT2D eigenvalue weighted by Gasteiger charge is -2.02. The van der Waals surface area contributed by atoms with Gasteiger partial charge in [0, 0.05) is 10.7 Å². The summed E-state index contributed by atoms with van der Waals surface area (Å²) in [6.45, 7) is 1.94. The van der Waals surface area contributed by atoms with Crippen molar-refractivity contribution in [2.45, 2.75) is 13.3 Å². The third kappa shape index (κ3) is 3.28. The number of ether oxygens (including phenoxy) is 1. The Morgan fingerprint density at radius 1 is 1.21 bits per heavy atom. The Morgan fingerprint density at radius 2 is 1.96 bits per heavy atom. The standard InChI is InChI=1S/C17H15ClN4O2/c1-11-4-3-5-15-19-14(10-16(23)24-2)17(22(11)15)21-20-13-8-6-12(18)7-9-13/h3-9H,10H2,1-2H3. The maximum atomic E-state index is 11.6. The van der Waals surface area contributed by atoms with Gasteiger partial charge in [-0.15, -0.1) is 10.2 Å². The van der Waals surface area contributed by atoms with E-state index < -0.39 is 0 Å². The van der Waals surface area contributed by atoms with E-state index in [4.69, 9.17) is 16.3 Å². The van der Waals surface area contributed by atoms with Gasteiger partial charge in [-0.2, -0.15) is 0 Å². The van der Waals surface area contributed by atoms with Crippen LogP contribution in [0.1, 0.15) is 11.4 Å². The molecular weight excluding hydrogens is 328 g/mol. The van der Waals surface area contributed by atoms with Crippen LogP contribution in [0.25, 0.3) is 5.65 Å². The Morgan fingerprint density at radius 3 is 2.67 bits per heavy atom. The molecule has 7 heteroatoms. The minimum absolute atomic E-state index is 0.0343. The van der Waals surface area contributed by atoms with E-state index in [1.165, 1.54) is 7.11 Å². The molecule has 0 aliphatic carbocycles. The molecule has 0 saturated heterocycles. The fraction of sp³-hybridized carbons (Fsp3) is 0.176. The monoisotopic (exact) mass is 342 g/mol. The zero-order chi connectivity index (χ0) is 17.1. The summed E-state index contributed by atoms with van der Waals surface area (Å²) in [5.41, 5.74) is 2.83. The lowest BCUT2D eigenvalue weighted by molar-refractivity contribution is -0.139. The van der Waals surface area contributed by atoms with Crippen LogP contribution in [-0.2, 0) is 16.0 Å². The lowest BCUT2D eigenvalue weighted by Crippen LogP contribution is -2.04. The number of carbonyl (C=O) groups excluding carboxylic acids is 1. The van der Waals surface area contributed by atoms with Crippen LogP contribution in [0.3, 0.4) is 0 Å². The van der Waals surface area contributed by atoms with Gasteiger partial charge in [0.25, 0.3) is 0 Å². The number of carbonyl (C=O) groups is 1. The molecule has 0 radical (unpaired) electrons. The number of hydrogen-bond acceptors (Lipinski definition) is 5. The second kappa shape index (κ2) is 6.80. The van der Waals surface area contributed by atoms with Gasteiger partial charge in [-0.3, -0.25) is 9.20 Å². The van der Waals surface area contributed by atoms with Crippen molar-refractivity contribution < 1.29 is 9.53 Å². The third-order valence-corrected chi connectivity index (χ3v) is 3.76. The van der Waals surface area contributed by atoms with Gasteiger partial charge in [-0.05, 0) is 43.3 Å². The number of hydrogen-bond donors (Lipinski definition) is 0. The predicted octanol–water partition coefficient (Wildman–Crippen LogP) is 4.43. The Kier molecular flexibility index (Phi) is 4.57. The van der Waals surface area contributed by atoms with Crippen LogP contribution in [0.2, 0.25) is 5.02 Å². The highest BCUT2D eigenvalue weighted by Gasteiger charge is 2.16. The molecule has 2 heterocycles. The highest BCUT2D eigenvalue weighted by molar-refractivity contribution is 6.30. The Labute approximate surface area is 143 Å². The number of benzene rings is 1. The molecule has 0 atom stereocenters. The summed E-state index contributed by atoms with van der Waals surface area (Å²) in [5, 5.41) is 9.18. The zero-order valence-corrected chi connectivity index (χ0v) is 14.0. The van der Waals surface area contributed by atoms with Gasteiger partial charge in [0.1, 0.15) is 5.65 Å². The minimum Gasteiger partial charge on any atom is -0.469 e. The van der Waals surface area contributed by atoms with Crippen molar-refractivity contribution in [3.8, 4) is 0 Å². The molecule has 0 aliphatic rings. The smallest absolute Gasteiger partial charge is 0.311 e. The molecule has 0 unspecified atom stereocenters. The van der Waals surface area contributed by atoms with Gasteiger partial charge < -0.3 is 4.74 Å². The fourth-order valence-electron chi connectivity index (χ4n) is 2.33. The molecule has 3 rings (SSSR count). The molecule has 2 aromatic heterocycles. The summed E-state index contributed by atoms with van der Waals surface area (Å²) in [5.74, 6) is 0.141. The first kappa shape index (κ1) is 16.1. The topological polar surface area (TPSA) is 68.3 Å². The number of azo groups is 1. The molecule has 0 amide bonds. The number of pyridine rings is 1. The summed E-state index contributed by atoms with van der Waals surface area (Å²) < 4.78 is 6.60. The molecule has 0 bridgehead atoms. The van der Waals surface area contributed by atoms with Crippen molar-refractivity contribution in [3.05, 3.63) is 58.9 Å². The molecule has 0 saturated carbocycles. The van der Waals surface area contributed by atoms with E-state index >= 15 is 0 Å². The molecule has 0 aliphatic heterocycles. The summed E-state index contributed by atoms with van der Waals surface area (Å²) in [6, 6.07) is 12.7. The SMILES string of the molecule is COC(=O)Cc1nc2cccc(C)n2c1N=Nc1ccc(Cl)cc1. The first-order chi connectivity index (χ1) is 11.6. The average Bonchev–Trinajstić information content (AvgIpc) is 2.92. The first-order valence-corrected chi connectivity index (χ1v) is 7.67. The summed E-state index contributed by atoms with van der Waals surface area (Å²) in [4.78, 5) is 16.1. The number of imidazole rings is 1. The largest absolute Gasteiger partial charge is 0.469 e. The van der Waals surface area contributed by atoms with Gasteiger partial charge in [0.15, 0.2) is 5.82 Å². The van der Waals surface area contributed by atoms with Gasteiger partial charge in [-0.1, -0.05) is 17.7 Å². The van der Waals surface area contributed by atoms with Gasteiger partial charge in [0.05, 0.1) is 24.9 Å². The van der Waals surface area contributed by atoms with Crippen molar-refractivity contribution in [1.82, 2.24) is 9.38 Å². The van der Waals surface area contributed by atoms with Crippen molar-refractivity contribution in [2.24, 2.45) is 10.2 Å². The summed E-state index contributed by atoms with van der Waals surface area (Å²) >= 11 is 5.87. The molecule has 122 valence electrons. The van der Waals surface area contributed by atoms with Crippen LogP contribution in [-0.4, -0.2) is 22.5 Å². The molecular formula is C17H15ClN4O2. The summed E-state index contributed by atoms with van der Waals surface area (Å²) in [6.07, 6.45) is 0.0343. The zero-order valence-electron chi connectivity index (χ0n) is 13.2. The molecule has 1 aromatic carbocycles. The van der Waals surface area contributed by atoms with Crippen LogP contribution in [0.5, 0.6) is 0 Å². The second-order valence-electron chi connectivity index (χ2n) is 5.17. The molecule has 0 fully saturated rings. The number of esters is 1. The maximum absolute atomic E-state index is 11.6. The van der Waals surface area contributed by atoms with Crippen LogP contribution in [0.4, 0.5) is 11.5 Å². The molecule has 0 spiro atoms. The van der Waals surface area contributed by atoms with Gasteiger partial charge >= 0.3 is 5.97 Å². The van der Waals surface area contributed by atoms with Crippen LogP contribution in [0.15, 0.2) is 52.7 Å². The Hall–Kier alpha value is -2.73. The first-order valence-electron chi connectivity index (χ1n) is 7.29. The van der Waals surface area contributed by atoms with Crippen molar-refractivity contribution in [2.75, 3.05) is 7.11 Å². The quantitative estimate of drug-likeness (QED) is 0.520. The summed E-state index contributed by atoms with van der Waals surface area (Å²) in [7, 11) is 1.35. The number of halogens is 1. The van der Waals surface area contributed by atoms with E-state index in [1.54, 1.807) is 24.3 Å². The average molecular weight is 343 g/mol. The number of fused-ring (bicyclic) bond motifs is 1. The number of aromatic nitrogens is 2. The van der Waals surface area contributed by atoms with Crippen LogP contribution >= 0.6 is 11.6 Å². The second-order valence-corrected chi connectivity index (χ2v) is 5.61. The highest BCUT2D eigenvalue weighted by atomic mass is 35.5. The van der Waals surface area contributed by atoms with E-state index in [2.05, 4.69) is 15.2 Å². The van der Waals surface area contributed by atoms with Crippen molar-refractivity contribution in [3.63, 3.8) is 0 Å². The minimum atomic E-state index is -0.376. The molecule has 0 N–H and O–H groups in total.